The highest BCUT2D eigenvalue weighted by molar-refractivity contribution is 4.98. The molecule has 1 aliphatic heterocycles. The molecule has 1 fully saturated rings. The molecule has 1 heterocycles. The Balaban J connectivity index is 2.56. The number of hydrogen-bond acceptors (Lipinski definition) is 12. The van der Waals surface area contributed by atoms with Crippen LogP contribution in [0.3, 0.4) is 0 Å². The highest BCUT2D eigenvalue weighted by atomic mass is 16.7. The Morgan fingerprint density at radius 1 is 0.897 bits per heavy atom. The third kappa shape index (κ3) is 12.9. The molecule has 0 bridgehead atoms. The maximum Gasteiger partial charge on any atom is 0.187 e. The summed E-state index contributed by atoms with van der Waals surface area (Å²) in [7, 11) is 1.46. The van der Waals surface area contributed by atoms with E-state index >= 15 is 0 Å². The van der Waals surface area contributed by atoms with Crippen molar-refractivity contribution >= 4 is 0 Å². The van der Waals surface area contributed by atoms with Crippen LogP contribution in [0, 0.1) is 0 Å². The first-order valence-corrected chi connectivity index (χ1v) is 14.5. The Hall–Kier alpha value is -0.480. The van der Waals surface area contributed by atoms with Crippen LogP contribution >= 0.6 is 0 Å². The van der Waals surface area contributed by atoms with Crippen LogP contribution in [0.5, 0.6) is 0 Å². The van der Waals surface area contributed by atoms with Crippen molar-refractivity contribution in [2.45, 2.75) is 101 Å². The molecular formula is C27H58N4O8. The fraction of sp³-hybridized carbons (Fsp3) is 1.00. The van der Waals surface area contributed by atoms with Crippen LogP contribution in [0.1, 0.15) is 59.8 Å². The minimum absolute atomic E-state index is 0.00522. The van der Waals surface area contributed by atoms with Gasteiger partial charge in [-0.15, -0.1) is 0 Å². The molecule has 0 saturated carbocycles. The Morgan fingerprint density at radius 2 is 1.49 bits per heavy atom. The molecule has 7 unspecified atom stereocenters. The average molecular weight is 567 g/mol. The van der Waals surface area contributed by atoms with Crippen LogP contribution in [0.4, 0.5) is 0 Å². The molecule has 1 rings (SSSR count). The lowest BCUT2D eigenvalue weighted by Crippen LogP contribution is -2.65. The van der Waals surface area contributed by atoms with E-state index in [4.69, 9.17) is 24.7 Å². The summed E-state index contributed by atoms with van der Waals surface area (Å²) in [5.41, 5.74) is 2.57. The second-order valence-electron chi connectivity index (χ2n) is 11.4. The molecule has 0 spiro atoms. The summed E-state index contributed by atoms with van der Waals surface area (Å²) >= 11 is 0. The molecule has 7 atom stereocenters. The Labute approximate surface area is 235 Å². The largest absolute Gasteiger partial charge is 0.393 e. The van der Waals surface area contributed by atoms with E-state index in [1.54, 1.807) is 6.92 Å². The summed E-state index contributed by atoms with van der Waals surface area (Å²) in [5, 5.41) is 51.5. The van der Waals surface area contributed by atoms with Gasteiger partial charge in [-0.3, -0.25) is 0 Å². The monoisotopic (exact) mass is 566 g/mol. The first-order valence-electron chi connectivity index (χ1n) is 14.5. The van der Waals surface area contributed by atoms with Gasteiger partial charge in [0.25, 0.3) is 0 Å². The Kier molecular flexibility index (Phi) is 17.7. The molecule has 234 valence electrons. The van der Waals surface area contributed by atoms with E-state index in [1.165, 1.54) is 7.11 Å². The van der Waals surface area contributed by atoms with Gasteiger partial charge >= 0.3 is 0 Å². The highest BCUT2D eigenvalue weighted by Gasteiger charge is 2.52. The summed E-state index contributed by atoms with van der Waals surface area (Å²) in [6, 6.07) is 0. The maximum atomic E-state index is 10.5. The molecular weight excluding hydrogens is 508 g/mol. The summed E-state index contributed by atoms with van der Waals surface area (Å²) in [4.78, 5) is 0. The van der Waals surface area contributed by atoms with E-state index in [0.717, 1.165) is 65.0 Å². The second kappa shape index (κ2) is 18.9. The van der Waals surface area contributed by atoms with E-state index in [2.05, 4.69) is 16.0 Å². The van der Waals surface area contributed by atoms with Crippen LogP contribution in [0.25, 0.3) is 0 Å². The zero-order valence-corrected chi connectivity index (χ0v) is 24.9. The predicted molar refractivity (Wildman–Crippen MR) is 151 cm³/mol. The fourth-order valence-corrected chi connectivity index (χ4v) is 4.51. The minimum Gasteiger partial charge on any atom is -0.393 e. The normalized spacial score (nSPS) is 28.8. The first-order chi connectivity index (χ1) is 18.5. The van der Waals surface area contributed by atoms with Crippen molar-refractivity contribution in [2.75, 3.05) is 72.7 Å². The molecule has 0 aromatic rings. The van der Waals surface area contributed by atoms with Gasteiger partial charge < -0.3 is 61.1 Å². The molecule has 0 aromatic heterocycles. The van der Waals surface area contributed by atoms with Crippen LogP contribution in [-0.2, 0) is 18.9 Å². The third-order valence-electron chi connectivity index (χ3n) is 7.24. The zero-order valence-electron chi connectivity index (χ0n) is 24.9. The van der Waals surface area contributed by atoms with Crippen molar-refractivity contribution in [3.05, 3.63) is 0 Å². The van der Waals surface area contributed by atoms with Gasteiger partial charge in [0, 0.05) is 13.7 Å². The van der Waals surface area contributed by atoms with Gasteiger partial charge in [0.05, 0.1) is 25.4 Å². The summed E-state index contributed by atoms with van der Waals surface area (Å²) in [6.45, 7) is 12.9. The van der Waals surface area contributed by atoms with Gasteiger partial charge in [-0.1, -0.05) is 6.92 Å². The number of unbranched alkanes of at least 4 members (excludes halogenated alkanes) is 1. The van der Waals surface area contributed by atoms with E-state index in [1.807, 2.05) is 20.8 Å². The summed E-state index contributed by atoms with van der Waals surface area (Å²) in [5.74, 6) is 0. The van der Waals surface area contributed by atoms with Gasteiger partial charge in [-0.05, 0) is 92.1 Å². The summed E-state index contributed by atoms with van der Waals surface area (Å²) in [6.07, 6.45) is -0.686. The number of methoxy groups -OCH3 is 1. The van der Waals surface area contributed by atoms with E-state index in [0.29, 0.717) is 13.0 Å². The number of aliphatic hydroxyl groups is 4. The van der Waals surface area contributed by atoms with Crippen molar-refractivity contribution in [3.63, 3.8) is 0 Å². The van der Waals surface area contributed by atoms with E-state index in [-0.39, 0.29) is 19.8 Å². The lowest BCUT2D eigenvalue weighted by atomic mass is 9.89. The van der Waals surface area contributed by atoms with Crippen molar-refractivity contribution < 1.29 is 39.4 Å². The topological polar surface area (TPSA) is 180 Å². The zero-order chi connectivity index (χ0) is 29.4. The number of ether oxygens (including phenoxy) is 4. The Morgan fingerprint density at radius 3 is 2.05 bits per heavy atom. The number of aliphatic hydroxyl groups excluding tert-OH is 4. The molecule has 12 heteroatoms. The van der Waals surface area contributed by atoms with Crippen molar-refractivity contribution in [1.82, 2.24) is 16.0 Å². The van der Waals surface area contributed by atoms with Crippen LogP contribution in [0.2, 0.25) is 0 Å². The molecule has 12 nitrogen and oxygen atoms in total. The van der Waals surface area contributed by atoms with Gasteiger partial charge in [0.15, 0.2) is 6.29 Å². The standard InChI is InChI=1S/C27H58N4O8/c1-6-25(2,18-32)39-26(3,17-31-16-10-15-30-13-8-7-12-29-14-9-11-28)19-37-24-22(34)21(33)23(35)27(4,38-24)20-36-5/h21-24,29-35H,6-20,28H2,1-5H3. The second-order valence-corrected chi connectivity index (χ2v) is 11.4. The fourth-order valence-electron chi connectivity index (χ4n) is 4.51. The lowest BCUT2D eigenvalue weighted by molar-refractivity contribution is -0.342. The lowest BCUT2D eigenvalue weighted by Gasteiger charge is -2.47. The summed E-state index contributed by atoms with van der Waals surface area (Å²) < 4.78 is 23.3. The van der Waals surface area contributed by atoms with Crippen molar-refractivity contribution in [3.8, 4) is 0 Å². The number of nitrogens with two attached hydrogens (primary N) is 1. The predicted octanol–water partition coefficient (Wildman–Crippen LogP) is -0.929. The molecule has 0 amide bonds. The average Bonchev–Trinajstić information content (AvgIpc) is 2.91. The molecule has 0 aliphatic carbocycles. The minimum atomic E-state index is -1.47. The van der Waals surface area contributed by atoms with Crippen LogP contribution < -0.4 is 21.7 Å². The van der Waals surface area contributed by atoms with Crippen molar-refractivity contribution in [1.29, 1.82) is 0 Å². The SMILES string of the molecule is CCC(C)(CO)OC(C)(CNCCCNCCCCNCCCN)COC1OC(C)(COC)C(O)C(O)C1O. The third-order valence-corrected chi connectivity index (χ3v) is 7.24. The van der Waals surface area contributed by atoms with Gasteiger partial charge in [-0.25, -0.2) is 0 Å². The number of nitrogens with one attached hydrogen (secondary N) is 3. The quantitative estimate of drug-likeness (QED) is 0.0713. The molecule has 1 saturated heterocycles. The molecule has 39 heavy (non-hydrogen) atoms. The van der Waals surface area contributed by atoms with Gasteiger partial charge in [-0.2, -0.15) is 0 Å². The van der Waals surface area contributed by atoms with E-state index in [9.17, 15) is 20.4 Å². The molecule has 0 radical (unpaired) electrons. The number of hydrogen-bond donors (Lipinski definition) is 8. The highest BCUT2D eigenvalue weighted by Crippen LogP contribution is 2.32. The van der Waals surface area contributed by atoms with Crippen LogP contribution in [-0.4, -0.2) is 135 Å². The Bertz CT molecular complexity index is 633. The van der Waals surface area contributed by atoms with Crippen molar-refractivity contribution in [2.24, 2.45) is 5.73 Å². The molecule has 1 aliphatic rings. The maximum absolute atomic E-state index is 10.5. The molecule has 0 aromatic carbocycles. The smallest absolute Gasteiger partial charge is 0.187 e. The van der Waals surface area contributed by atoms with E-state index < -0.39 is 41.4 Å². The van der Waals surface area contributed by atoms with Gasteiger partial charge in [0.1, 0.15) is 29.5 Å². The first kappa shape index (κ1) is 36.5. The van der Waals surface area contributed by atoms with Gasteiger partial charge in [0.2, 0.25) is 0 Å². The van der Waals surface area contributed by atoms with Crippen LogP contribution in [0.15, 0.2) is 0 Å². The number of rotatable bonds is 23. The molecule has 9 N–H and O–H groups in total.